The van der Waals surface area contributed by atoms with E-state index < -0.39 is 41.2 Å². The number of sulfonamides is 1. The van der Waals surface area contributed by atoms with Crippen LogP contribution in [-0.2, 0) is 60.5 Å². The average molecular weight is 1400 g/mol. The Bertz CT molecular complexity index is 4850. The first-order chi connectivity index (χ1) is 42.4. The van der Waals surface area contributed by atoms with Crippen LogP contribution in [0.25, 0.3) is 10.2 Å². The molecule has 19 nitrogen and oxygen atoms in total. The van der Waals surface area contributed by atoms with E-state index in [0.717, 1.165) is 71.9 Å². The SMILES string of the molecule is CC(=O)c1cc(C)cc(C)c1CC(=O)c1sccc1S(=O)(=O)Nc1onc(C)c1Cl.Cc1cc(C)c(CC(=O)c2sccc2S(=O)(=O)Cc2onc(C)c2Cl)c(C)c1C.Cc1cc2c(cc1Cc1sc3cccnc3c1S(=O)(=O)Cc1onc(C)c1Cl)OCO2. The molecule has 0 aliphatic carbocycles. The Hall–Kier alpha value is -7.07. The molecule has 0 saturated carbocycles. The second kappa shape index (κ2) is 27.0. The van der Waals surface area contributed by atoms with Crippen molar-refractivity contribution in [3.05, 3.63) is 191 Å². The number of carbonyl (C=O) groups excluding carboxylic acids is 3. The van der Waals surface area contributed by atoms with Crippen molar-refractivity contribution >= 4 is 132 Å². The number of nitrogens with zero attached hydrogens (tertiary/aromatic N) is 4. The van der Waals surface area contributed by atoms with Crippen LogP contribution >= 0.6 is 68.8 Å². The van der Waals surface area contributed by atoms with Crippen LogP contribution in [0.3, 0.4) is 0 Å². The second-order valence-corrected chi connectivity index (χ2v) is 31.0. The number of ketones is 3. The summed E-state index contributed by atoms with van der Waals surface area (Å²) in [5, 5.41) is 14.7. The number of hydrogen-bond acceptors (Lipinski definition) is 21. The molecule has 0 spiro atoms. The molecule has 0 amide bonds. The second-order valence-electron chi connectivity index (χ2n) is 21.4. The van der Waals surface area contributed by atoms with Gasteiger partial charge in [0.2, 0.25) is 6.79 Å². The minimum atomic E-state index is -4.14. The number of anilines is 1. The lowest BCUT2D eigenvalue weighted by Crippen LogP contribution is -2.16. The van der Waals surface area contributed by atoms with E-state index in [-0.39, 0.29) is 93.9 Å². The van der Waals surface area contributed by atoms with E-state index in [4.69, 9.17) is 57.8 Å². The maximum Gasteiger partial charge on any atom is 0.265 e. The largest absolute Gasteiger partial charge is 0.454 e. The van der Waals surface area contributed by atoms with Crippen molar-refractivity contribution < 1.29 is 62.7 Å². The highest BCUT2D eigenvalue weighted by atomic mass is 35.5. The van der Waals surface area contributed by atoms with E-state index in [1.807, 2.05) is 72.7 Å². The number of benzene rings is 3. The standard InChI is InChI=1S/C21H17ClN2O5S2.C21H22ClNO4S2.C20H19ClN2O5S2/c1-11-6-14-15(28-10-27-14)7-13(11)8-18-21(20-17(30-18)4-3-5-23-20)31(25,26)9-16-19(22)12(2)24-29-16;1-11-8-12(2)16(14(4)13(11)3)9-17(24)21-19(6-7-28-21)29(25,26)10-18-20(22)15(5)23-27-18;1-10-7-11(2)14(15(8-10)13(4)24)9-16(25)19-17(5-6-29-19)30(26,27)23-20-18(21)12(3)22-28-20/h3-7H,8-10H2,1-2H3;6-8H,9-10H2,1-5H3;5-8,23H,9H2,1-4H3. The molecule has 3 aromatic carbocycles. The van der Waals surface area contributed by atoms with E-state index in [0.29, 0.717) is 56.5 Å². The molecule has 0 bridgehead atoms. The molecule has 10 aromatic rings. The van der Waals surface area contributed by atoms with Crippen molar-refractivity contribution in [1.29, 1.82) is 0 Å². The average Bonchev–Trinajstić information content (AvgIpc) is 1.61. The Morgan fingerprint density at radius 3 is 1.76 bits per heavy atom. The summed E-state index contributed by atoms with van der Waals surface area (Å²) in [5.74, 6) is -0.252. The zero-order chi connectivity index (χ0) is 65.5. The van der Waals surface area contributed by atoms with Crippen LogP contribution in [0.5, 0.6) is 11.5 Å². The maximum absolute atomic E-state index is 13.5. The van der Waals surface area contributed by atoms with Crippen LogP contribution < -0.4 is 14.2 Å². The predicted molar refractivity (Wildman–Crippen MR) is 347 cm³/mol. The van der Waals surface area contributed by atoms with Crippen molar-refractivity contribution in [1.82, 2.24) is 20.5 Å². The van der Waals surface area contributed by atoms with Gasteiger partial charge in [0.05, 0.1) is 36.3 Å². The van der Waals surface area contributed by atoms with Crippen molar-refractivity contribution in [2.75, 3.05) is 11.5 Å². The Kier molecular flexibility index (Phi) is 20.2. The number of halogens is 3. The van der Waals surface area contributed by atoms with E-state index in [1.54, 1.807) is 44.5 Å². The number of pyridine rings is 1. The summed E-state index contributed by atoms with van der Waals surface area (Å²) in [6, 6.07) is 16.0. The molecule has 1 aliphatic heterocycles. The zero-order valence-electron chi connectivity index (χ0n) is 50.3. The van der Waals surface area contributed by atoms with Crippen LogP contribution in [0.2, 0.25) is 15.1 Å². The number of aryl methyl sites for hydroxylation is 8. The molecule has 0 fully saturated rings. The van der Waals surface area contributed by atoms with Crippen molar-refractivity contribution in [3.63, 3.8) is 0 Å². The molecule has 90 heavy (non-hydrogen) atoms. The lowest BCUT2D eigenvalue weighted by Gasteiger charge is -2.14. The lowest BCUT2D eigenvalue weighted by molar-refractivity contribution is 0.0983. The van der Waals surface area contributed by atoms with Gasteiger partial charge in [-0.15, -0.1) is 34.0 Å². The van der Waals surface area contributed by atoms with Gasteiger partial charge in [0.15, 0.2) is 60.0 Å². The molecule has 28 heteroatoms. The van der Waals surface area contributed by atoms with Gasteiger partial charge in [-0.3, -0.25) is 19.4 Å². The topological polar surface area (TPSA) is 275 Å². The van der Waals surface area contributed by atoms with Gasteiger partial charge in [-0.05, 0) is 179 Å². The Morgan fingerprint density at radius 1 is 0.611 bits per heavy atom. The number of thiophene rings is 3. The molecule has 0 radical (unpaired) electrons. The summed E-state index contributed by atoms with van der Waals surface area (Å²) in [6.45, 7) is 20.2. The number of nitrogens with one attached hydrogen (secondary N) is 1. The quantitative estimate of drug-likeness (QED) is 0.0782. The van der Waals surface area contributed by atoms with Crippen LogP contribution in [0.15, 0.2) is 99.8 Å². The number of hydrogen-bond donors (Lipinski definition) is 1. The fraction of sp³-hybridized carbons (Fsp3) is 0.274. The van der Waals surface area contributed by atoms with Crippen LogP contribution in [0, 0.1) is 69.2 Å². The van der Waals surface area contributed by atoms with Gasteiger partial charge in [0, 0.05) is 35.9 Å². The van der Waals surface area contributed by atoms with Gasteiger partial charge in [0.1, 0.15) is 42.1 Å². The Morgan fingerprint density at radius 2 is 1.17 bits per heavy atom. The summed E-state index contributed by atoms with van der Waals surface area (Å²) < 4.78 is 108. The molecule has 0 unspecified atom stereocenters. The Balaban J connectivity index is 0.000000160. The monoisotopic (exact) mass is 1390 g/mol. The molecule has 472 valence electrons. The van der Waals surface area contributed by atoms with E-state index in [9.17, 15) is 39.6 Å². The summed E-state index contributed by atoms with van der Waals surface area (Å²) >= 11 is 21.8. The molecule has 0 atom stereocenters. The minimum absolute atomic E-state index is 0.0109. The van der Waals surface area contributed by atoms with Gasteiger partial charge >= 0.3 is 0 Å². The van der Waals surface area contributed by atoms with E-state index in [2.05, 4.69) is 31.2 Å². The molecular weight excluding hydrogens is 1340 g/mol. The van der Waals surface area contributed by atoms with Crippen LogP contribution in [0.4, 0.5) is 5.88 Å². The summed E-state index contributed by atoms with van der Waals surface area (Å²) in [6.07, 6.45) is 2.08. The van der Waals surface area contributed by atoms with Crippen molar-refractivity contribution in [3.8, 4) is 11.5 Å². The predicted octanol–water partition coefficient (Wildman–Crippen LogP) is 14.9. The van der Waals surface area contributed by atoms with Gasteiger partial charge in [-0.25, -0.2) is 30.0 Å². The van der Waals surface area contributed by atoms with Gasteiger partial charge in [-0.1, -0.05) is 68.0 Å². The number of ether oxygens (including phenoxy) is 2. The van der Waals surface area contributed by atoms with Gasteiger partial charge < -0.3 is 23.0 Å². The molecule has 1 N–H and O–H groups in total. The fourth-order valence-electron chi connectivity index (χ4n) is 10.0. The lowest BCUT2D eigenvalue weighted by atomic mass is 9.91. The van der Waals surface area contributed by atoms with E-state index in [1.165, 1.54) is 41.3 Å². The van der Waals surface area contributed by atoms with Gasteiger partial charge in [0.25, 0.3) is 15.9 Å². The molecular formula is C62H58Cl3N5O14S6. The minimum Gasteiger partial charge on any atom is -0.454 e. The third kappa shape index (κ3) is 14.3. The summed E-state index contributed by atoms with van der Waals surface area (Å²) in [5.41, 5.74) is 11.8. The summed E-state index contributed by atoms with van der Waals surface area (Å²) in [4.78, 5) is 43.5. The number of aromatic nitrogens is 4. The van der Waals surface area contributed by atoms with Crippen LogP contribution in [0.1, 0.15) is 126 Å². The number of sulfone groups is 2. The first-order valence-corrected chi connectivity index (χ1v) is 35.8. The maximum atomic E-state index is 13.5. The number of carbonyl (C=O) groups is 3. The third-order valence-corrected chi connectivity index (χ3v) is 24.5. The van der Waals surface area contributed by atoms with E-state index >= 15 is 0 Å². The smallest absolute Gasteiger partial charge is 0.265 e. The number of fused-ring (bicyclic) bond motifs is 2. The first kappa shape index (κ1) is 67.3. The third-order valence-electron chi connectivity index (χ3n) is 14.9. The highest BCUT2D eigenvalue weighted by Crippen LogP contribution is 2.41. The number of Topliss-reactive ketones (excluding diaryl/α,β-unsaturated/α-hetero) is 3. The van der Waals surface area contributed by atoms with Crippen molar-refractivity contribution in [2.24, 2.45) is 0 Å². The highest BCUT2D eigenvalue weighted by Gasteiger charge is 2.32. The van der Waals surface area contributed by atoms with Crippen molar-refractivity contribution in [2.45, 2.75) is 122 Å². The fourth-order valence-corrected chi connectivity index (χ4v) is 18.9. The molecule has 8 heterocycles. The first-order valence-electron chi connectivity index (χ1n) is 27.3. The van der Waals surface area contributed by atoms with Crippen LogP contribution in [-0.4, -0.2) is 69.9 Å². The number of rotatable bonds is 18. The highest BCUT2D eigenvalue weighted by molar-refractivity contribution is 7.93. The molecule has 7 aromatic heterocycles. The zero-order valence-corrected chi connectivity index (χ0v) is 57.4. The molecule has 11 rings (SSSR count). The van der Waals surface area contributed by atoms with Gasteiger partial charge in [-0.2, -0.15) is 0 Å². The normalized spacial score (nSPS) is 12.2. The molecule has 1 aliphatic rings. The summed E-state index contributed by atoms with van der Waals surface area (Å²) in [7, 11) is -11.8. The molecule has 0 saturated heterocycles. The Labute approximate surface area is 546 Å².